The molecule has 0 amide bonds. The Bertz CT molecular complexity index is 449. The zero-order chi connectivity index (χ0) is 13.2. The first kappa shape index (κ1) is 13.3. The zero-order valence-corrected chi connectivity index (χ0v) is 11.1. The first-order valence-electron chi connectivity index (χ1n) is 6.16. The predicted molar refractivity (Wildman–Crippen MR) is 70.1 cm³/mol. The molecule has 1 aliphatic rings. The lowest BCUT2D eigenvalue weighted by molar-refractivity contribution is -0.108. The molecule has 0 aliphatic heterocycles. The number of hydrogen-bond acceptors (Lipinski definition) is 3. The molecule has 1 unspecified atom stereocenters. The lowest BCUT2D eigenvalue weighted by Crippen LogP contribution is -2.23. The molecule has 3 nitrogen and oxygen atoms in total. The van der Waals surface area contributed by atoms with Crippen LogP contribution in [0.5, 0.6) is 0 Å². The largest absolute Gasteiger partial charge is 0.381 e. The molecule has 0 radical (unpaired) electrons. The number of aliphatic hydroxyl groups is 1. The quantitative estimate of drug-likeness (QED) is 0.657. The minimum Gasteiger partial charge on any atom is -0.381 e. The molecule has 0 fully saturated rings. The van der Waals surface area contributed by atoms with E-state index in [1.807, 2.05) is 37.3 Å². The van der Waals surface area contributed by atoms with Crippen LogP contribution in [0.4, 0.5) is 0 Å². The van der Waals surface area contributed by atoms with Crippen LogP contribution in [-0.4, -0.2) is 19.3 Å². The summed E-state index contributed by atoms with van der Waals surface area (Å²) in [4.78, 5) is 0. The summed E-state index contributed by atoms with van der Waals surface area (Å²) in [7, 11) is 3.20. The molecule has 3 heteroatoms. The highest BCUT2D eigenvalue weighted by atomic mass is 16.7. The highest BCUT2D eigenvalue weighted by molar-refractivity contribution is 5.39. The Hall–Kier alpha value is -1.16. The van der Waals surface area contributed by atoms with E-state index in [9.17, 15) is 5.11 Å². The van der Waals surface area contributed by atoms with Crippen molar-refractivity contribution in [1.82, 2.24) is 0 Å². The number of methoxy groups -OCH3 is 2. The molecule has 1 aromatic carbocycles. The topological polar surface area (TPSA) is 38.7 Å². The van der Waals surface area contributed by atoms with Gasteiger partial charge in [0.1, 0.15) is 5.60 Å². The van der Waals surface area contributed by atoms with Gasteiger partial charge in [-0.15, -0.1) is 0 Å². The molecule has 1 N–H and O–H groups in total. The summed E-state index contributed by atoms with van der Waals surface area (Å²) in [6.07, 6.45) is 3.14. The lowest BCUT2D eigenvalue weighted by atomic mass is 9.89. The third kappa shape index (κ3) is 2.34. The van der Waals surface area contributed by atoms with E-state index in [1.54, 1.807) is 14.2 Å². The van der Waals surface area contributed by atoms with Crippen molar-refractivity contribution in [1.29, 1.82) is 0 Å². The molecule has 0 heterocycles. The molecule has 0 saturated carbocycles. The van der Waals surface area contributed by atoms with Crippen molar-refractivity contribution < 1.29 is 14.6 Å². The van der Waals surface area contributed by atoms with Gasteiger partial charge in [0.15, 0.2) is 6.29 Å². The van der Waals surface area contributed by atoms with E-state index in [1.165, 1.54) is 5.57 Å². The van der Waals surface area contributed by atoms with Crippen LogP contribution < -0.4 is 0 Å². The third-order valence-electron chi connectivity index (χ3n) is 3.49. The van der Waals surface area contributed by atoms with Crippen LogP contribution in [0.15, 0.2) is 35.9 Å². The lowest BCUT2D eigenvalue weighted by Gasteiger charge is -2.26. The summed E-state index contributed by atoms with van der Waals surface area (Å²) < 4.78 is 10.6. The normalized spacial score (nSPS) is 23.5. The summed E-state index contributed by atoms with van der Waals surface area (Å²) in [6.45, 7) is 2.05. The second-order valence-electron chi connectivity index (χ2n) is 4.81. The first-order chi connectivity index (χ1) is 8.60. The van der Waals surface area contributed by atoms with Gasteiger partial charge in [0.2, 0.25) is 0 Å². The van der Waals surface area contributed by atoms with Gasteiger partial charge < -0.3 is 14.6 Å². The minimum absolute atomic E-state index is 0.445. The average Bonchev–Trinajstić information content (AvgIpc) is 2.73. The summed E-state index contributed by atoms with van der Waals surface area (Å²) in [6, 6.07) is 7.74. The molecule has 1 atom stereocenters. The van der Waals surface area contributed by atoms with Crippen molar-refractivity contribution in [2.45, 2.75) is 31.7 Å². The molecule has 98 valence electrons. The van der Waals surface area contributed by atoms with E-state index in [0.29, 0.717) is 0 Å². The van der Waals surface area contributed by atoms with E-state index in [2.05, 4.69) is 0 Å². The number of ether oxygens (including phenoxy) is 2. The predicted octanol–water partition coefficient (Wildman–Crippen LogP) is 2.91. The highest BCUT2D eigenvalue weighted by Crippen LogP contribution is 2.40. The van der Waals surface area contributed by atoms with Crippen molar-refractivity contribution in [3.8, 4) is 0 Å². The monoisotopic (exact) mass is 248 g/mol. The fraction of sp³-hybridized carbons (Fsp3) is 0.467. The number of hydrogen-bond donors (Lipinski definition) is 1. The van der Waals surface area contributed by atoms with E-state index in [0.717, 1.165) is 24.0 Å². The minimum atomic E-state index is -0.893. The van der Waals surface area contributed by atoms with E-state index < -0.39 is 11.9 Å². The van der Waals surface area contributed by atoms with Gasteiger partial charge in [-0.2, -0.15) is 0 Å². The zero-order valence-electron chi connectivity index (χ0n) is 11.1. The Morgan fingerprint density at radius 2 is 1.89 bits per heavy atom. The second-order valence-corrected chi connectivity index (χ2v) is 4.81. The first-order valence-corrected chi connectivity index (χ1v) is 6.16. The average molecular weight is 248 g/mol. The fourth-order valence-corrected chi connectivity index (χ4v) is 2.60. The Morgan fingerprint density at radius 1 is 1.22 bits per heavy atom. The van der Waals surface area contributed by atoms with E-state index >= 15 is 0 Å². The van der Waals surface area contributed by atoms with Gasteiger partial charge in [0.25, 0.3) is 0 Å². The third-order valence-corrected chi connectivity index (χ3v) is 3.49. The van der Waals surface area contributed by atoms with Gasteiger partial charge in [-0.1, -0.05) is 29.8 Å². The van der Waals surface area contributed by atoms with Crippen molar-refractivity contribution in [2.24, 2.45) is 0 Å². The van der Waals surface area contributed by atoms with Gasteiger partial charge in [0.05, 0.1) is 0 Å². The van der Waals surface area contributed by atoms with Gasteiger partial charge in [-0.05, 0) is 31.4 Å². The van der Waals surface area contributed by atoms with E-state index in [-0.39, 0.29) is 0 Å². The van der Waals surface area contributed by atoms with Gasteiger partial charge in [0, 0.05) is 19.8 Å². The smallest absolute Gasteiger partial charge is 0.183 e. The van der Waals surface area contributed by atoms with Crippen molar-refractivity contribution in [3.05, 3.63) is 47.0 Å². The summed E-state index contributed by atoms with van der Waals surface area (Å²) >= 11 is 0. The molecule has 0 bridgehead atoms. The maximum Gasteiger partial charge on any atom is 0.183 e. The Balaban J connectivity index is 2.45. The van der Waals surface area contributed by atoms with Crippen LogP contribution in [0.2, 0.25) is 0 Å². The summed E-state index contributed by atoms with van der Waals surface area (Å²) in [5.74, 6) is 0. The standard InChI is InChI=1S/C15H20O3/c1-11-8-9-15(16,10-11)13-7-5-4-6-12(13)14(17-2)18-3/h4-7,10,14,16H,8-9H2,1-3H3. The van der Waals surface area contributed by atoms with Crippen LogP contribution in [0.25, 0.3) is 0 Å². The van der Waals surface area contributed by atoms with Crippen LogP contribution in [0.3, 0.4) is 0 Å². The van der Waals surface area contributed by atoms with Crippen LogP contribution in [-0.2, 0) is 15.1 Å². The Morgan fingerprint density at radius 3 is 2.44 bits per heavy atom. The molecule has 1 aromatic rings. The van der Waals surface area contributed by atoms with Gasteiger partial charge in [-0.3, -0.25) is 0 Å². The molecule has 0 saturated heterocycles. The molecular formula is C15H20O3. The van der Waals surface area contributed by atoms with Crippen molar-refractivity contribution >= 4 is 0 Å². The molecule has 18 heavy (non-hydrogen) atoms. The SMILES string of the molecule is COC(OC)c1ccccc1C1(O)C=C(C)CC1. The van der Waals surface area contributed by atoms with Gasteiger partial charge in [-0.25, -0.2) is 0 Å². The second kappa shape index (κ2) is 5.22. The van der Waals surface area contributed by atoms with Crippen molar-refractivity contribution in [3.63, 3.8) is 0 Å². The molecule has 2 rings (SSSR count). The molecule has 1 aliphatic carbocycles. The van der Waals surface area contributed by atoms with Crippen LogP contribution in [0.1, 0.15) is 37.2 Å². The number of benzene rings is 1. The fourth-order valence-electron chi connectivity index (χ4n) is 2.60. The molecule has 0 spiro atoms. The van der Waals surface area contributed by atoms with Crippen LogP contribution >= 0.6 is 0 Å². The summed E-state index contributed by atoms with van der Waals surface area (Å²) in [5.41, 5.74) is 2.08. The Kier molecular flexibility index (Phi) is 3.85. The Labute approximate surface area is 108 Å². The highest BCUT2D eigenvalue weighted by Gasteiger charge is 2.34. The van der Waals surface area contributed by atoms with Crippen molar-refractivity contribution in [2.75, 3.05) is 14.2 Å². The molecule has 0 aromatic heterocycles. The van der Waals surface area contributed by atoms with Gasteiger partial charge >= 0.3 is 0 Å². The van der Waals surface area contributed by atoms with Crippen LogP contribution in [0, 0.1) is 0 Å². The maximum atomic E-state index is 10.8. The van der Waals surface area contributed by atoms with E-state index in [4.69, 9.17) is 9.47 Å². The maximum absolute atomic E-state index is 10.8. The number of rotatable bonds is 4. The summed E-state index contributed by atoms with van der Waals surface area (Å²) in [5, 5.41) is 10.8. The molecular weight excluding hydrogens is 228 g/mol. The number of allylic oxidation sites excluding steroid dienone is 1.